The first-order valence-corrected chi connectivity index (χ1v) is 4.62. The van der Waals surface area contributed by atoms with Crippen molar-refractivity contribution in [1.29, 1.82) is 0 Å². The molecule has 3 heteroatoms. The van der Waals surface area contributed by atoms with Crippen molar-refractivity contribution < 1.29 is 9.53 Å². The standard InChI is InChI=1S/C9H15NO2/c1-6(2)12-9(11)10-4-7-3-8(7)5-10/h6-8H,3-5H2,1-2H3. The lowest BCUT2D eigenvalue weighted by atomic mass is 10.4. The molecule has 12 heavy (non-hydrogen) atoms. The predicted molar refractivity (Wildman–Crippen MR) is 44.8 cm³/mol. The number of carbonyl (C=O) groups excluding carboxylic acids is 1. The smallest absolute Gasteiger partial charge is 0.410 e. The Hall–Kier alpha value is -0.730. The highest BCUT2D eigenvalue weighted by molar-refractivity contribution is 5.68. The Morgan fingerprint density at radius 1 is 1.42 bits per heavy atom. The lowest BCUT2D eigenvalue weighted by molar-refractivity contribution is 0.0804. The molecule has 1 saturated heterocycles. The number of likely N-dealkylation sites (tertiary alicyclic amines) is 1. The van der Waals surface area contributed by atoms with Crippen molar-refractivity contribution in [2.75, 3.05) is 13.1 Å². The van der Waals surface area contributed by atoms with Crippen LogP contribution in [0, 0.1) is 11.8 Å². The molecule has 0 aromatic rings. The summed E-state index contributed by atoms with van der Waals surface area (Å²) >= 11 is 0. The van der Waals surface area contributed by atoms with Crippen molar-refractivity contribution in [1.82, 2.24) is 4.90 Å². The number of piperidine rings is 1. The van der Waals surface area contributed by atoms with Gasteiger partial charge in [0.25, 0.3) is 0 Å². The maximum Gasteiger partial charge on any atom is 0.410 e. The van der Waals surface area contributed by atoms with E-state index in [9.17, 15) is 4.79 Å². The molecule has 1 saturated carbocycles. The molecular formula is C9H15NO2. The van der Waals surface area contributed by atoms with Crippen LogP contribution < -0.4 is 0 Å². The van der Waals surface area contributed by atoms with E-state index in [-0.39, 0.29) is 12.2 Å². The molecule has 0 aromatic heterocycles. The summed E-state index contributed by atoms with van der Waals surface area (Å²) in [6.45, 7) is 5.62. The van der Waals surface area contributed by atoms with E-state index in [1.165, 1.54) is 6.42 Å². The topological polar surface area (TPSA) is 29.5 Å². The Morgan fingerprint density at radius 3 is 2.50 bits per heavy atom. The zero-order valence-electron chi connectivity index (χ0n) is 7.62. The molecule has 68 valence electrons. The second kappa shape index (κ2) is 2.64. The molecule has 0 bridgehead atoms. The molecule has 2 unspecified atom stereocenters. The second-order valence-corrected chi connectivity index (χ2v) is 4.09. The first kappa shape index (κ1) is 7.90. The molecule has 0 radical (unpaired) electrons. The molecule has 0 N–H and O–H groups in total. The van der Waals surface area contributed by atoms with Gasteiger partial charge in [0, 0.05) is 13.1 Å². The van der Waals surface area contributed by atoms with Gasteiger partial charge in [0.15, 0.2) is 0 Å². The van der Waals surface area contributed by atoms with Gasteiger partial charge in [-0.05, 0) is 32.1 Å². The van der Waals surface area contributed by atoms with Crippen molar-refractivity contribution in [2.24, 2.45) is 11.8 Å². The molecule has 1 amide bonds. The summed E-state index contributed by atoms with van der Waals surface area (Å²) in [6, 6.07) is 0. The number of hydrogen-bond acceptors (Lipinski definition) is 2. The van der Waals surface area contributed by atoms with E-state index in [2.05, 4.69) is 0 Å². The Morgan fingerprint density at radius 2 is 2.00 bits per heavy atom. The highest BCUT2D eigenvalue weighted by Crippen LogP contribution is 2.44. The van der Waals surface area contributed by atoms with Crippen molar-refractivity contribution in [3.05, 3.63) is 0 Å². The zero-order chi connectivity index (χ0) is 8.72. The number of carbonyl (C=O) groups is 1. The van der Waals surface area contributed by atoms with Gasteiger partial charge in [-0.25, -0.2) is 4.79 Å². The average molecular weight is 169 g/mol. The van der Waals surface area contributed by atoms with E-state index in [1.807, 2.05) is 18.7 Å². The number of rotatable bonds is 1. The number of nitrogens with zero attached hydrogens (tertiary/aromatic N) is 1. The van der Waals surface area contributed by atoms with E-state index in [0.29, 0.717) is 0 Å². The Bertz CT molecular complexity index is 193. The van der Waals surface area contributed by atoms with Crippen molar-refractivity contribution in [3.8, 4) is 0 Å². The molecule has 1 aliphatic heterocycles. The van der Waals surface area contributed by atoms with Crippen molar-refractivity contribution in [3.63, 3.8) is 0 Å². The molecule has 0 spiro atoms. The highest BCUT2D eigenvalue weighted by Gasteiger charge is 2.47. The van der Waals surface area contributed by atoms with Crippen LogP contribution in [0.25, 0.3) is 0 Å². The van der Waals surface area contributed by atoms with Crippen LogP contribution in [-0.2, 0) is 4.74 Å². The van der Waals surface area contributed by atoms with Gasteiger partial charge in [0.05, 0.1) is 6.10 Å². The fourth-order valence-electron chi connectivity index (χ4n) is 1.82. The quantitative estimate of drug-likeness (QED) is 0.595. The molecule has 2 fully saturated rings. The fraction of sp³-hybridized carbons (Fsp3) is 0.889. The fourth-order valence-corrected chi connectivity index (χ4v) is 1.82. The van der Waals surface area contributed by atoms with Crippen LogP contribution in [0.1, 0.15) is 20.3 Å². The van der Waals surface area contributed by atoms with Crippen LogP contribution in [0.2, 0.25) is 0 Å². The first-order valence-electron chi connectivity index (χ1n) is 4.62. The summed E-state index contributed by atoms with van der Waals surface area (Å²) in [7, 11) is 0. The highest BCUT2D eigenvalue weighted by atomic mass is 16.6. The maximum atomic E-state index is 11.3. The van der Waals surface area contributed by atoms with Crippen LogP contribution in [0.15, 0.2) is 0 Å². The first-order chi connectivity index (χ1) is 5.66. The minimum Gasteiger partial charge on any atom is -0.447 e. The third kappa shape index (κ3) is 1.40. The Balaban J connectivity index is 1.81. The number of amides is 1. The predicted octanol–water partition coefficient (Wildman–Crippen LogP) is 1.48. The largest absolute Gasteiger partial charge is 0.447 e. The summed E-state index contributed by atoms with van der Waals surface area (Å²) in [5, 5.41) is 0. The zero-order valence-corrected chi connectivity index (χ0v) is 7.62. The van der Waals surface area contributed by atoms with Gasteiger partial charge >= 0.3 is 6.09 Å². The van der Waals surface area contributed by atoms with Crippen LogP contribution in [0.4, 0.5) is 4.79 Å². The average Bonchev–Trinajstić information content (AvgIpc) is 2.57. The lowest BCUT2D eigenvalue weighted by Gasteiger charge is -2.18. The number of ether oxygens (including phenoxy) is 1. The summed E-state index contributed by atoms with van der Waals surface area (Å²) in [5.74, 6) is 1.59. The summed E-state index contributed by atoms with van der Waals surface area (Å²) in [5.41, 5.74) is 0. The van der Waals surface area contributed by atoms with Crippen LogP contribution >= 0.6 is 0 Å². The van der Waals surface area contributed by atoms with E-state index in [0.717, 1.165) is 24.9 Å². The Kier molecular flexibility index (Phi) is 1.74. The van der Waals surface area contributed by atoms with E-state index in [1.54, 1.807) is 0 Å². The minimum atomic E-state index is -0.128. The van der Waals surface area contributed by atoms with Crippen molar-refractivity contribution in [2.45, 2.75) is 26.4 Å². The molecule has 2 rings (SSSR count). The third-order valence-electron chi connectivity index (χ3n) is 2.57. The van der Waals surface area contributed by atoms with Gasteiger partial charge < -0.3 is 9.64 Å². The van der Waals surface area contributed by atoms with Gasteiger partial charge in [-0.3, -0.25) is 0 Å². The van der Waals surface area contributed by atoms with Gasteiger partial charge in [-0.2, -0.15) is 0 Å². The molecule has 3 nitrogen and oxygen atoms in total. The van der Waals surface area contributed by atoms with Crippen LogP contribution in [-0.4, -0.2) is 30.2 Å². The molecule has 1 heterocycles. The molecule has 2 aliphatic rings. The number of fused-ring (bicyclic) bond motifs is 1. The molecule has 2 atom stereocenters. The number of hydrogen-bond donors (Lipinski definition) is 0. The summed E-state index contributed by atoms with van der Waals surface area (Å²) in [4.78, 5) is 13.2. The van der Waals surface area contributed by atoms with E-state index >= 15 is 0 Å². The second-order valence-electron chi connectivity index (χ2n) is 4.09. The maximum absolute atomic E-state index is 11.3. The van der Waals surface area contributed by atoms with Gasteiger partial charge in [-0.1, -0.05) is 0 Å². The molecule has 1 aliphatic carbocycles. The van der Waals surface area contributed by atoms with Gasteiger partial charge in [-0.15, -0.1) is 0 Å². The monoisotopic (exact) mass is 169 g/mol. The van der Waals surface area contributed by atoms with E-state index < -0.39 is 0 Å². The third-order valence-corrected chi connectivity index (χ3v) is 2.57. The van der Waals surface area contributed by atoms with Crippen molar-refractivity contribution >= 4 is 6.09 Å². The minimum absolute atomic E-state index is 0.00873. The SMILES string of the molecule is CC(C)OC(=O)N1CC2CC2C1. The Labute approximate surface area is 72.7 Å². The van der Waals surface area contributed by atoms with Crippen LogP contribution in [0.3, 0.4) is 0 Å². The lowest BCUT2D eigenvalue weighted by Crippen LogP contribution is -2.32. The van der Waals surface area contributed by atoms with E-state index in [4.69, 9.17) is 4.74 Å². The summed E-state index contributed by atoms with van der Waals surface area (Å²) in [6.07, 6.45) is 1.21. The van der Waals surface area contributed by atoms with Gasteiger partial charge in [0.2, 0.25) is 0 Å². The normalized spacial score (nSPS) is 32.1. The molecule has 0 aromatic carbocycles. The summed E-state index contributed by atoms with van der Waals surface area (Å²) < 4.78 is 5.09. The van der Waals surface area contributed by atoms with Crippen LogP contribution in [0.5, 0.6) is 0 Å². The molecular weight excluding hydrogens is 154 g/mol. The van der Waals surface area contributed by atoms with Gasteiger partial charge in [0.1, 0.15) is 0 Å².